The summed E-state index contributed by atoms with van der Waals surface area (Å²) < 4.78 is 23.2. The van der Waals surface area contributed by atoms with Gasteiger partial charge in [-0.2, -0.15) is 57.5 Å². The first-order valence-electron chi connectivity index (χ1n) is 9.58. The molecule has 3 heterocycles. The van der Waals surface area contributed by atoms with Gasteiger partial charge in [-0.25, -0.2) is 0 Å². The zero-order valence-corrected chi connectivity index (χ0v) is 21.0. The highest BCUT2D eigenvalue weighted by Gasteiger charge is 2.13. The smallest absolute Gasteiger partial charge is 0.330 e. The molecule has 0 saturated heterocycles. The monoisotopic (exact) mass is 584 g/mol. The summed E-state index contributed by atoms with van der Waals surface area (Å²) in [6, 6.07) is -0.589. The van der Waals surface area contributed by atoms with E-state index in [1.54, 1.807) is 7.05 Å². The number of carbonyl (C=O) groups is 2. The quantitative estimate of drug-likeness (QED) is 0.153. The van der Waals surface area contributed by atoms with Crippen LogP contribution in [-0.4, -0.2) is 75.3 Å². The number of nitrogens with zero attached hydrogens (tertiary/aromatic N) is 9. The molecule has 0 aliphatic carbocycles. The van der Waals surface area contributed by atoms with Crippen LogP contribution in [0.5, 0.6) is 12.0 Å². The molecular weight excluding hydrogens is 571 g/mol. The highest BCUT2D eigenvalue weighted by molar-refractivity contribution is 7.99. The van der Waals surface area contributed by atoms with E-state index in [9.17, 15) is 9.59 Å². The second-order valence-electron chi connectivity index (χ2n) is 5.28. The fourth-order valence-electron chi connectivity index (χ4n) is 1.65. The first-order valence-corrected chi connectivity index (χ1v) is 11.3. The highest BCUT2D eigenvalue weighted by atomic mass is 35.5. The van der Waals surface area contributed by atoms with Crippen molar-refractivity contribution in [1.29, 1.82) is 0 Å². The van der Waals surface area contributed by atoms with Gasteiger partial charge in [-0.1, -0.05) is 11.8 Å². The standard InChI is InChI=1S/C9H8Cl2N8O2S.C5H5ClN4O2S/c1-13-7-15-5(11)17-9(19-7)22-2-3(20)21-8-16-4(10)14-6(12)18-8;6-3-8-4(7)10-5(9-3)12-2(11)1-13/h2H2,1H3,(H2,12,14,16,18)(H,13,15,17,19);13H,1H2,(H2,7,8,9,10)/i/hD2. The van der Waals surface area contributed by atoms with Crippen molar-refractivity contribution < 1.29 is 21.9 Å². The van der Waals surface area contributed by atoms with Gasteiger partial charge in [0.2, 0.25) is 33.7 Å². The van der Waals surface area contributed by atoms with Crippen LogP contribution in [0.1, 0.15) is 0 Å². The van der Waals surface area contributed by atoms with E-state index in [4.69, 9.17) is 42.4 Å². The molecule has 0 spiro atoms. The van der Waals surface area contributed by atoms with Gasteiger partial charge in [-0.05, 0) is 34.8 Å². The van der Waals surface area contributed by atoms with Gasteiger partial charge < -0.3 is 26.2 Å². The van der Waals surface area contributed by atoms with Crippen LogP contribution < -0.4 is 26.2 Å². The minimum atomic E-state index is -0.671. The number of nitrogen functional groups attached to an aromatic ring is 2. The van der Waals surface area contributed by atoms with Gasteiger partial charge in [0.1, 0.15) is 0 Å². The average molecular weight is 586 g/mol. The van der Waals surface area contributed by atoms with E-state index in [0.29, 0.717) is 0 Å². The molecule has 0 radical (unpaired) electrons. The lowest BCUT2D eigenvalue weighted by Crippen LogP contribution is -2.14. The van der Waals surface area contributed by atoms with Crippen LogP contribution in [0.2, 0.25) is 18.7 Å². The summed E-state index contributed by atoms with van der Waals surface area (Å²) in [5.41, 5.74) is 3.81. The van der Waals surface area contributed by atoms with Crippen molar-refractivity contribution in [3.05, 3.63) is 15.9 Å². The molecule has 3 aromatic rings. The van der Waals surface area contributed by atoms with Crippen LogP contribution in [0.4, 0.5) is 17.8 Å². The van der Waals surface area contributed by atoms with Crippen molar-refractivity contribution in [1.82, 2.24) is 44.9 Å². The molecule has 0 saturated carbocycles. The second kappa shape index (κ2) is 13.7. The number of hydrogen-bond acceptors (Lipinski definition) is 18. The molecule has 0 bridgehead atoms. The van der Waals surface area contributed by atoms with E-state index in [-0.39, 0.29) is 62.4 Å². The Balaban J connectivity index is 0.000000294. The predicted octanol–water partition coefficient (Wildman–Crippen LogP) is 0.627. The lowest BCUT2D eigenvalue weighted by atomic mass is 10.8. The van der Waals surface area contributed by atoms with E-state index >= 15 is 0 Å². The highest BCUT2D eigenvalue weighted by Crippen LogP contribution is 2.17. The Kier molecular flexibility index (Phi) is 9.83. The first kappa shape index (κ1) is 25.0. The first-order chi connectivity index (χ1) is 17.6. The Hall–Kier alpha value is -3.06. The molecular formula is C14H13Cl3N12O4S2. The molecule has 21 heteroatoms. The maximum absolute atomic E-state index is 11.8. The van der Waals surface area contributed by atoms with Crippen LogP contribution >= 0.6 is 59.2 Å². The third-order valence-electron chi connectivity index (χ3n) is 2.84. The number of thiol groups is 1. The van der Waals surface area contributed by atoms with Gasteiger partial charge >= 0.3 is 24.0 Å². The Morgan fingerprint density at radius 2 is 1.43 bits per heavy atom. The largest absolute Gasteiger partial charge is 0.390 e. The Labute approximate surface area is 223 Å². The Morgan fingerprint density at radius 3 is 1.94 bits per heavy atom. The fraction of sp³-hybridized carbons (Fsp3) is 0.214. The van der Waals surface area contributed by atoms with E-state index in [2.05, 4.69) is 67.5 Å². The van der Waals surface area contributed by atoms with Crippen molar-refractivity contribution in [2.45, 2.75) is 5.16 Å². The Bertz CT molecular complexity index is 1250. The number of hydrogen-bond donors (Lipinski definition) is 4. The van der Waals surface area contributed by atoms with E-state index < -0.39 is 11.9 Å². The molecule has 186 valence electrons. The number of nitrogens with two attached hydrogens (primary N) is 2. The Morgan fingerprint density at radius 1 is 0.886 bits per heavy atom. The van der Waals surface area contributed by atoms with Gasteiger partial charge in [-0.3, -0.25) is 9.59 Å². The molecule has 16 nitrogen and oxygen atoms in total. The van der Waals surface area contributed by atoms with Crippen LogP contribution in [-0.2, 0) is 9.59 Å². The van der Waals surface area contributed by atoms with Crippen LogP contribution in [0, 0.1) is 0 Å². The van der Waals surface area contributed by atoms with Crippen LogP contribution in [0.3, 0.4) is 0 Å². The molecule has 3 aromatic heterocycles. The third-order valence-corrected chi connectivity index (χ3v) is 4.43. The topological polar surface area (TPSA) is 233 Å². The normalized spacial score (nSPS) is 10.7. The zero-order chi connectivity index (χ0) is 27.4. The van der Waals surface area contributed by atoms with Gasteiger partial charge in [-0.15, -0.1) is 0 Å². The molecule has 0 aliphatic heterocycles. The summed E-state index contributed by atoms with van der Waals surface area (Å²) in [6.45, 7) is 0. The second-order valence-corrected chi connectivity index (χ2v) is 7.55. The van der Waals surface area contributed by atoms with Gasteiger partial charge in [0.25, 0.3) is 0 Å². The maximum atomic E-state index is 11.8. The maximum Gasteiger partial charge on any atom is 0.330 e. The average Bonchev–Trinajstić information content (AvgIpc) is 2.86. The summed E-state index contributed by atoms with van der Waals surface area (Å²) in [6.07, 6.45) is 0. The molecule has 0 amide bonds. The number of anilines is 3. The zero-order valence-electron chi connectivity index (χ0n) is 19.1. The molecule has 0 aliphatic rings. The number of rotatable bonds is 9. The fourth-order valence-corrected chi connectivity index (χ4v) is 2.84. The summed E-state index contributed by atoms with van der Waals surface area (Å²) in [7, 11) is 1.62. The third kappa shape index (κ3) is 10.4. The lowest BCUT2D eigenvalue weighted by molar-refractivity contribution is -0.132. The molecule has 0 fully saturated rings. The molecule has 5 N–H and O–H groups in total. The number of nitrogens with one attached hydrogen (secondary N) is 1. The predicted molar refractivity (Wildman–Crippen MR) is 129 cm³/mol. The molecule has 3 rings (SSSR count). The van der Waals surface area contributed by atoms with Crippen molar-refractivity contribution in [2.75, 3.05) is 35.3 Å². The van der Waals surface area contributed by atoms with Crippen LogP contribution in [0.15, 0.2) is 5.16 Å². The summed E-state index contributed by atoms with van der Waals surface area (Å²) in [4.78, 5) is 55.7. The van der Waals surface area contributed by atoms with Crippen molar-refractivity contribution in [2.24, 2.45) is 0 Å². The number of esters is 2. The number of halogens is 3. The number of ether oxygens (including phenoxy) is 2. The molecule has 0 atom stereocenters. The minimum Gasteiger partial charge on any atom is -0.390 e. The van der Waals surface area contributed by atoms with Crippen molar-refractivity contribution in [3.8, 4) is 12.0 Å². The summed E-state index contributed by atoms with van der Waals surface area (Å²) in [5, 5.41) is 2.57. The summed E-state index contributed by atoms with van der Waals surface area (Å²) >= 11 is 21.5. The van der Waals surface area contributed by atoms with E-state index in [1.807, 2.05) is 11.5 Å². The molecule has 0 unspecified atom stereocenters. The van der Waals surface area contributed by atoms with Gasteiger partial charge in [0.05, 0.1) is 11.5 Å². The van der Waals surface area contributed by atoms with Crippen molar-refractivity contribution in [3.63, 3.8) is 0 Å². The molecule has 35 heavy (non-hydrogen) atoms. The van der Waals surface area contributed by atoms with Crippen molar-refractivity contribution >= 4 is 89.0 Å². The lowest BCUT2D eigenvalue weighted by Gasteiger charge is -2.04. The van der Waals surface area contributed by atoms with Crippen LogP contribution in [0.25, 0.3) is 0 Å². The SMILES string of the molecule is [2H]Nc1nc(Cl)nc(OC(=O)CS)n1.[2H]Nc1nc(Cl)nc(OC(=O)CSc2nc(Cl)nc(NC)n2)n1. The number of carbonyl (C=O) groups excluding carboxylic acids is 2. The van der Waals surface area contributed by atoms with E-state index in [0.717, 1.165) is 11.8 Å². The van der Waals surface area contributed by atoms with E-state index in [1.165, 1.54) is 0 Å². The van der Waals surface area contributed by atoms with Gasteiger partial charge in [0, 0.05) is 7.05 Å². The van der Waals surface area contributed by atoms with Gasteiger partial charge in [0.15, 0.2) is 7.98 Å². The molecule has 0 aromatic carbocycles. The number of aromatic nitrogens is 9. The number of thioether (sulfide) groups is 1. The summed E-state index contributed by atoms with van der Waals surface area (Å²) in [5.74, 6) is -1.50. The minimum absolute atomic E-state index is 0.00405.